The van der Waals surface area contributed by atoms with Gasteiger partial charge in [-0.3, -0.25) is 14.5 Å². The van der Waals surface area contributed by atoms with Gasteiger partial charge >= 0.3 is 0 Å². The molecule has 4 rings (SSSR count). The molecule has 1 atom stereocenters. The molecule has 11 nitrogen and oxygen atoms in total. The molecule has 1 spiro atoms. The number of hydrogen-bond donors (Lipinski definition) is 4. The summed E-state index contributed by atoms with van der Waals surface area (Å²) in [6, 6.07) is 6.14. The summed E-state index contributed by atoms with van der Waals surface area (Å²) in [7, 11) is 3.48. The fraction of sp³-hybridized carbons (Fsp3) is 0.724. The van der Waals surface area contributed by atoms with E-state index in [1.165, 1.54) is 24.8 Å². The number of aliphatic hydroxyl groups excluding tert-OH is 1. The van der Waals surface area contributed by atoms with Gasteiger partial charge in [-0.2, -0.15) is 0 Å². The molecule has 0 saturated carbocycles. The van der Waals surface area contributed by atoms with E-state index in [1.807, 2.05) is 6.07 Å². The number of rotatable bonds is 9. The molecule has 3 heterocycles. The van der Waals surface area contributed by atoms with Crippen LogP contribution in [0.25, 0.3) is 0 Å². The van der Waals surface area contributed by atoms with Crippen LogP contribution in [0.1, 0.15) is 51.5 Å². The minimum absolute atomic E-state index is 0.281. The highest BCUT2D eigenvalue weighted by atomic mass is 16.5. The number of ether oxygens (including phenoxy) is 3. The van der Waals surface area contributed by atoms with Gasteiger partial charge in [-0.1, -0.05) is 6.07 Å². The number of hydrogen-bond acceptors (Lipinski definition) is 9. The quantitative estimate of drug-likeness (QED) is 0.349. The maximum atomic E-state index is 10.6. The second-order valence-corrected chi connectivity index (χ2v) is 10.9. The third-order valence-corrected chi connectivity index (χ3v) is 7.65. The minimum Gasteiger partial charge on any atom is -0.493 e. The molecule has 3 aliphatic rings. The average Bonchev–Trinajstić information content (AvgIpc) is 3.37. The summed E-state index contributed by atoms with van der Waals surface area (Å²) in [5.74, 6) is -0.238. The highest BCUT2D eigenvalue weighted by Gasteiger charge is 2.37. The van der Waals surface area contributed by atoms with Crippen LogP contribution in [0.15, 0.2) is 18.2 Å². The molecule has 0 aliphatic carbocycles. The van der Waals surface area contributed by atoms with Crippen molar-refractivity contribution in [3.05, 3.63) is 23.8 Å². The third kappa shape index (κ3) is 12.4. The predicted molar refractivity (Wildman–Crippen MR) is 152 cm³/mol. The van der Waals surface area contributed by atoms with Crippen LogP contribution in [-0.4, -0.2) is 116 Å². The summed E-state index contributed by atoms with van der Waals surface area (Å²) in [6.45, 7) is 10.6. The Kier molecular flexibility index (Phi) is 14.7. The Morgan fingerprint density at radius 3 is 2.15 bits per heavy atom. The molecule has 3 fully saturated rings. The van der Waals surface area contributed by atoms with Crippen LogP contribution in [0.3, 0.4) is 0 Å². The molecule has 4 N–H and O–H groups in total. The van der Waals surface area contributed by atoms with Gasteiger partial charge in [0.15, 0.2) is 11.5 Å². The van der Waals surface area contributed by atoms with Crippen LogP contribution < -0.4 is 14.8 Å². The van der Waals surface area contributed by atoms with Crippen LogP contribution in [0.2, 0.25) is 0 Å². The largest absolute Gasteiger partial charge is 0.493 e. The van der Waals surface area contributed by atoms with Crippen molar-refractivity contribution in [2.75, 3.05) is 66.6 Å². The zero-order valence-corrected chi connectivity index (χ0v) is 24.6. The number of aliphatic carboxylic acids is 2. The summed E-state index contributed by atoms with van der Waals surface area (Å²) in [5.41, 5.74) is 1.72. The normalized spacial score (nSPS) is 20.0. The molecule has 3 saturated heterocycles. The number of benzene rings is 1. The number of methoxy groups -OCH3 is 2. The molecule has 1 aromatic carbocycles. The Morgan fingerprint density at radius 1 is 1.00 bits per heavy atom. The lowest BCUT2D eigenvalue weighted by Crippen LogP contribution is -2.45. The molecular formula is C29H49N3O8. The lowest BCUT2D eigenvalue weighted by Gasteiger charge is -2.39. The molecule has 0 radical (unpaired) electrons. The number of nitrogens with one attached hydrogen (secondary N) is 1. The standard InChI is InChI=1S/C25H41N3O4.2C2H4O2/c1-30-22-5-11-27(12-6-22)16-20-3-4-23(24(15-20)31-2)32-18-21(29)17-28-13-8-25(9-14-28)7-10-26-19-25;2*1-2(3)4/h3-4,15,21-22,26,29H,5-14,16-19H2,1-2H3;2*1H3,(H,3,4). The predicted octanol–water partition coefficient (Wildman–Crippen LogP) is 2.30. The molecule has 0 bridgehead atoms. The first-order valence-electron chi connectivity index (χ1n) is 14.1. The Hall–Kier alpha value is -2.44. The van der Waals surface area contributed by atoms with Crippen LogP contribution in [0, 0.1) is 5.41 Å². The van der Waals surface area contributed by atoms with E-state index in [2.05, 4.69) is 27.2 Å². The van der Waals surface area contributed by atoms with Crippen molar-refractivity contribution in [2.24, 2.45) is 5.41 Å². The lowest BCUT2D eigenvalue weighted by molar-refractivity contribution is -0.135. The fourth-order valence-corrected chi connectivity index (χ4v) is 5.46. The number of carboxylic acid groups (broad SMARTS) is 2. The van der Waals surface area contributed by atoms with Crippen LogP contribution in [0.4, 0.5) is 0 Å². The molecule has 3 aliphatic heterocycles. The van der Waals surface area contributed by atoms with Gasteiger partial charge in [0.2, 0.25) is 0 Å². The first-order valence-corrected chi connectivity index (χ1v) is 14.1. The minimum atomic E-state index is -0.833. The second kappa shape index (κ2) is 17.4. The third-order valence-electron chi connectivity index (χ3n) is 7.65. The van der Waals surface area contributed by atoms with Crippen LogP contribution in [-0.2, 0) is 20.9 Å². The van der Waals surface area contributed by atoms with E-state index in [-0.39, 0.29) is 6.61 Å². The number of aliphatic hydroxyl groups is 1. The van der Waals surface area contributed by atoms with Gasteiger partial charge in [-0.25, -0.2) is 0 Å². The van der Waals surface area contributed by atoms with E-state index in [0.717, 1.165) is 78.3 Å². The van der Waals surface area contributed by atoms with Crippen molar-refractivity contribution in [3.63, 3.8) is 0 Å². The van der Waals surface area contributed by atoms with Gasteiger partial charge in [0.05, 0.1) is 13.2 Å². The van der Waals surface area contributed by atoms with E-state index < -0.39 is 18.0 Å². The zero-order chi connectivity index (χ0) is 29.5. The van der Waals surface area contributed by atoms with Crippen molar-refractivity contribution in [2.45, 2.75) is 64.7 Å². The molecule has 11 heteroatoms. The van der Waals surface area contributed by atoms with E-state index in [9.17, 15) is 5.11 Å². The monoisotopic (exact) mass is 567 g/mol. The van der Waals surface area contributed by atoms with Crippen molar-refractivity contribution in [1.29, 1.82) is 0 Å². The highest BCUT2D eigenvalue weighted by Crippen LogP contribution is 2.37. The maximum Gasteiger partial charge on any atom is 0.300 e. The number of piperidine rings is 2. The van der Waals surface area contributed by atoms with Crippen LogP contribution in [0.5, 0.6) is 11.5 Å². The zero-order valence-electron chi connectivity index (χ0n) is 24.6. The van der Waals surface area contributed by atoms with Crippen molar-refractivity contribution in [3.8, 4) is 11.5 Å². The fourth-order valence-electron chi connectivity index (χ4n) is 5.46. The smallest absolute Gasteiger partial charge is 0.300 e. The van der Waals surface area contributed by atoms with Gasteiger partial charge in [-0.05, 0) is 74.8 Å². The SMILES string of the molecule is CC(=O)O.CC(=O)O.COc1cc(CN2CCC(OC)CC2)ccc1OCC(O)CN1CCC2(CCNC2)CC1. The first kappa shape index (κ1) is 33.8. The van der Waals surface area contributed by atoms with Gasteiger partial charge < -0.3 is 39.7 Å². The van der Waals surface area contributed by atoms with Crippen molar-refractivity contribution < 1.29 is 39.1 Å². The maximum absolute atomic E-state index is 10.6. The summed E-state index contributed by atoms with van der Waals surface area (Å²) in [5, 5.41) is 28.9. The van der Waals surface area contributed by atoms with Gasteiger partial charge in [0.1, 0.15) is 12.7 Å². The Morgan fingerprint density at radius 2 is 1.62 bits per heavy atom. The molecular weight excluding hydrogens is 518 g/mol. The molecule has 0 aromatic heterocycles. The Balaban J connectivity index is 0.000000621. The van der Waals surface area contributed by atoms with Crippen LogP contribution >= 0.6 is 0 Å². The van der Waals surface area contributed by atoms with E-state index in [1.54, 1.807) is 14.2 Å². The number of nitrogens with zero attached hydrogens (tertiary/aromatic N) is 2. The molecule has 40 heavy (non-hydrogen) atoms. The second-order valence-electron chi connectivity index (χ2n) is 10.9. The lowest BCUT2D eigenvalue weighted by atomic mass is 9.78. The first-order chi connectivity index (χ1) is 19.1. The summed E-state index contributed by atoms with van der Waals surface area (Å²) in [4.78, 5) is 22.8. The Bertz CT molecular complexity index is 871. The Labute approximate surface area is 238 Å². The van der Waals surface area contributed by atoms with Gasteiger partial charge in [0, 0.05) is 53.7 Å². The number of carbonyl (C=O) groups is 2. The molecule has 1 unspecified atom stereocenters. The molecule has 1 aromatic rings. The number of β-amino-alcohol motifs (C(OH)–C–C–N with tert-alkyl or cyclic N) is 1. The van der Waals surface area contributed by atoms with Gasteiger partial charge in [-0.15, -0.1) is 0 Å². The highest BCUT2D eigenvalue weighted by molar-refractivity contribution is 5.63. The van der Waals surface area contributed by atoms with Crippen molar-refractivity contribution in [1.82, 2.24) is 15.1 Å². The average molecular weight is 568 g/mol. The summed E-state index contributed by atoms with van der Waals surface area (Å²) >= 11 is 0. The summed E-state index contributed by atoms with van der Waals surface area (Å²) < 4.78 is 17.0. The van der Waals surface area contributed by atoms with E-state index in [4.69, 9.17) is 34.0 Å². The van der Waals surface area contributed by atoms with E-state index >= 15 is 0 Å². The topological polar surface area (TPSA) is 141 Å². The van der Waals surface area contributed by atoms with E-state index in [0.29, 0.717) is 23.8 Å². The summed E-state index contributed by atoms with van der Waals surface area (Å²) in [6.07, 6.45) is 5.82. The molecule has 228 valence electrons. The van der Waals surface area contributed by atoms with Crippen molar-refractivity contribution >= 4 is 11.9 Å². The number of carboxylic acids is 2. The molecule has 0 amide bonds. The number of likely N-dealkylation sites (tertiary alicyclic amines) is 2. The van der Waals surface area contributed by atoms with Gasteiger partial charge in [0.25, 0.3) is 11.9 Å².